The van der Waals surface area contributed by atoms with Crippen molar-refractivity contribution < 1.29 is 15.0 Å². The van der Waals surface area contributed by atoms with Gasteiger partial charge in [-0.1, -0.05) is 37.6 Å². The summed E-state index contributed by atoms with van der Waals surface area (Å²) < 4.78 is 0. The minimum Gasteiger partial charge on any atom is -0.481 e. The van der Waals surface area contributed by atoms with Crippen LogP contribution in [0.2, 0.25) is 0 Å². The average Bonchev–Trinajstić information content (AvgIpc) is 3.10. The van der Waals surface area contributed by atoms with Crippen LogP contribution in [0.3, 0.4) is 0 Å². The van der Waals surface area contributed by atoms with Crippen molar-refractivity contribution in [3.63, 3.8) is 0 Å². The van der Waals surface area contributed by atoms with E-state index in [1.807, 2.05) is 19.9 Å². The van der Waals surface area contributed by atoms with E-state index in [4.69, 9.17) is 5.11 Å². The zero-order valence-corrected chi connectivity index (χ0v) is 16.4. The molecule has 0 amide bonds. The number of carbonyl (C=O) groups is 1. The lowest BCUT2D eigenvalue weighted by molar-refractivity contribution is -0.137. The summed E-state index contributed by atoms with van der Waals surface area (Å²) in [6, 6.07) is 0. The highest BCUT2D eigenvalue weighted by atomic mass is 16.4. The van der Waals surface area contributed by atoms with E-state index in [9.17, 15) is 9.90 Å². The zero-order valence-electron chi connectivity index (χ0n) is 16.4. The number of carboxylic acid groups (broad SMARTS) is 1. The van der Waals surface area contributed by atoms with Crippen LogP contribution in [-0.2, 0) is 4.79 Å². The van der Waals surface area contributed by atoms with Crippen LogP contribution in [0.1, 0.15) is 65.7 Å². The molecule has 6 atom stereocenters. The smallest absolute Gasteiger partial charge is 0.303 e. The number of allylic oxidation sites excluding steroid dienone is 3. The molecule has 26 heavy (non-hydrogen) atoms. The number of aliphatic hydroxyl groups excluding tert-OH is 1. The lowest BCUT2D eigenvalue weighted by atomic mass is 9.86. The SMILES string of the molecule is CC#CCC(C)[C@H](O)/C=C/[C@@H]1[C@H]2C/C(=C/CCCC(=O)O)C[C@H]2C[C@H]1C. The van der Waals surface area contributed by atoms with E-state index in [-0.39, 0.29) is 12.3 Å². The molecular formula is C23H34O3. The third kappa shape index (κ3) is 5.74. The normalized spacial score (nSPS) is 31.6. The monoisotopic (exact) mass is 358 g/mol. The molecule has 0 saturated heterocycles. The number of fused-ring (bicyclic) bond motifs is 1. The van der Waals surface area contributed by atoms with Crippen molar-refractivity contribution >= 4 is 5.97 Å². The molecule has 0 heterocycles. The summed E-state index contributed by atoms with van der Waals surface area (Å²) in [5.41, 5.74) is 1.52. The Morgan fingerprint density at radius 1 is 1.38 bits per heavy atom. The molecule has 144 valence electrons. The minimum absolute atomic E-state index is 0.166. The number of aliphatic hydroxyl groups is 1. The van der Waals surface area contributed by atoms with Crippen molar-refractivity contribution in [2.45, 2.75) is 71.8 Å². The number of rotatable bonds is 8. The second-order valence-electron chi connectivity index (χ2n) is 8.25. The number of hydrogen-bond acceptors (Lipinski definition) is 2. The molecule has 2 N–H and O–H groups in total. The molecule has 2 aliphatic rings. The molecule has 0 aromatic heterocycles. The molecule has 0 aliphatic heterocycles. The summed E-state index contributed by atoms with van der Waals surface area (Å²) in [5.74, 6) is 8.07. The Labute approximate surface area is 158 Å². The fourth-order valence-corrected chi connectivity index (χ4v) is 4.68. The van der Waals surface area contributed by atoms with Gasteiger partial charge in [0, 0.05) is 12.8 Å². The highest BCUT2D eigenvalue weighted by Crippen LogP contribution is 2.53. The molecule has 0 aromatic carbocycles. The molecule has 0 radical (unpaired) electrons. The van der Waals surface area contributed by atoms with E-state index in [0.29, 0.717) is 17.8 Å². The van der Waals surface area contributed by atoms with E-state index in [1.54, 1.807) is 0 Å². The van der Waals surface area contributed by atoms with Crippen LogP contribution in [0.4, 0.5) is 0 Å². The van der Waals surface area contributed by atoms with E-state index in [1.165, 1.54) is 18.4 Å². The topological polar surface area (TPSA) is 57.5 Å². The van der Waals surface area contributed by atoms with Crippen molar-refractivity contribution in [3.05, 3.63) is 23.8 Å². The second-order valence-corrected chi connectivity index (χ2v) is 8.25. The summed E-state index contributed by atoms with van der Waals surface area (Å²) in [7, 11) is 0. The number of hydrogen-bond donors (Lipinski definition) is 2. The molecule has 3 nitrogen and oxygen atoms in total. The maximum atomic E-state index is 10.6. The van der Waals surface area contributed by atoms with Crippen LogP contribution in [0, 0.1) is 41.4 Å². The third-order valence-electron chi connectivity index (χ3n) is 6.20. The fourth-order valence-electron chi connectivity index (χ4n) is 4.68. The lowest BCUT2D eigenvalue weighted by Gasteiger charge is -2.19. The Morgan fingerprint density at radius 2 is 2.15 bits per heavy atom. The van der Waals surface area contributed by atoms with E-state index < -0.39 is 12.1 Å². The number of aliphatic carboxylic acids is 1. The molecule has 3 heteroatoms. The zero-order chi connectivity index (χ0) is 19.1. The Kier molecular flexibility index (Phi) is 7.97. The van der Waals surface area contributed by atoms with Crippen LogP contribution in [-0.4, -0.2) is 22.3 Å². The van der Waals surface area contributed by atoms with Gasteiger partial charge in [0.2, 0.25) is 0 Å². The molecule has 0 aromatic rings. The first-order chi connectivity index (χ1) is 12.4. The van der Waals surface area contributed by atoms with Gasteiger partial charge in [0.15, 0.2) is 0 Å². The van der Waals surface area contributed by atoms with Gasteiger partial charge < -0.3 is 10.2 Å². The van der Waals surface area contributed by atoms with E-state index in [0.717, 1.165) is 31.6 Å². The largest absolute Gasteiger partial charge is 0.481 e. The van der Waals surface area contributed by atoms with E-state index >= 15 is 0 Å². The number of carboxylic acids is 1. The van der Waals surface area contributed by atoms with Gasteiger partial charge in [-0.3, -0.25) is 4.79 Å². The van der Waals surface area contributed by atoms with Gasteiger partial charge in [-0.2, -0.15) is 0 Å². The molecule has 0 spiro atoms. The number of unbranched alkanes of at least 4 members (excludes halogenated alkanes) is 1. The molecule has 2 fully saturated rings. The first kappa shape index (κ1) is 20.8. The van der Waals surface area contributed by atoms with Gasteiger partial charge >= 0.3 is 5.97 Å². The van der Waals surface area contributed by atoms with Gasteiger partial charge in [0.1, 0.15) is 0 Å². The van der Waals surface area contributed by atoms with Crippen LogP contribution >= 0.6 is 0 Å². The summed E-state index contributed by atoms with van der Waals surface area (Å²) >= 11 is 0. The second kappa shape index (κ2) is 9.97. The Bertz CT molecular complexity index is 592. The Balaban J connectivity index is 1.89. The van der Waals surface area contributed by atoms with Gasteiger partial charge in [-0.25, -0.2) is 0 Å². The predicted octanol–water partition coefficient (Wildman–Crippen LogP) is 4.82. The first-order valence-electron chi connectivity index (χ1n) is 10.1. The molecule has 2 aliphatic carbocycles. The summed E-state index contributed by atoms with van der Waals surface area (Å²) in [4.78, 5) is 10.6. The Hall–Kier alpha value is -1.53. The van der Waals surface area contributed by atoms with Crippen molar-refractivity contribution in [2.24, 2.45) is 29.6 Å². The Morgan fingerprint density at radius 3 is 2.85 bits per heavy atom. The molecule has 0 bridgehead atoms. The fraction of sp³-hybridized carbons (Fsp3) is 0.696. The van der Waals surface area contributed by atoms with Gasteiger partial charge in [0.05, 0.1) is 6.10 Å². The van der Waals surface area contributed by atoms with Crippen LogP contribution < -0.4 is 0 Å². The predicted molar refractivity (Wildman–Crippen MR) is 105 cm³/mol. The molecule has 2 saturated carbocycles. The maximum absolute atomic E-state index is 10.6. The van der Waals surface area contributed by atoms with E-state index in [2.05, 4.69) is 30.9 Å². The summed E-state index contributed by atoms with van der Waals surface area (Å²) in [6.07, 6.45) is 12.3. The third-order valence-corrected chi connectivity index (χ3v) is 6.20. The van der Waals surface area contributed by atoms with Crippen molar-refractivity contribution in [1.29, 1.82) is 0 Å². The quantitative estimate of drug-likeness (QED) is 0.372. The van der Waals surface area contributed by atoms with Gasteiger partial charge in [-0.15, -0.1) is 11.8 Å². The van der Waals surface area contributed by atoms with Crippen LogP contribution in [0.15, 0.2) is 23.8 Å². The maximum Gasteiger partial charge on any atom is 0.303 e. The minimum atomic E-state index is -0.705. The summed E-state index contributed by atoms with van der Waals surface area (Å²) in [5, 5.41) is 19.1. The van der Waals surface area contributed by atoms with Crippen LogP contribution in [0.5, 0.6) is 0 Å². The molecular weight excluding hydrogens is 324 g/mol. The standard InChI is InChI=1S/C23H34O3/c1-4-5-8-16(2)22(24)12-11-20-17(3)13-19-14-18(15-21(19)20)9-6-7-10-23(25)26/h9,11-12,16-17,19-22,24H,6-8,10,13-15H2,1-3H3,(H,25,26)/b12-11+,18-9+/t16?,17-,19-,20+,21+,22-/m1/s1. The van der Waals surface area contributed by atoms with Crippen molar-refractivity contribution in [2.75, 3.05) is 0 Å². The summed E-state index contributed by atoms with van der Waals surface area (Å²) in [6.45, 7) is 6.22. The van der Waals surface area contributed by atoms with Crippen molar-refractivity contribution in [1.82, 2.24) is 0 Å². The molecule has 2 rings (SSSR count). The molecule has 1 unspecified atom stereocenters. The lowest BCUT2D eigenvalue weighted by Crippen LogP contribution is -2.16. The van der Waals surface area contributed by atoms with Gasteiger partial charge in [-0.05, 0) is 68.6 Å². The highest BCUT2D eigenvalue weighted by molar-refractivity contribution is 5.66. The average molecular weight is 359 g/mol. The van der Waals surface area contributed by atoms with Gasteiger partial charge in [0.25, 0.3) is 0 Å². The van der Waals surface area contributed by atoms with Crippen molar-refractivity contribution in [3.8, 4) is 11.8 Å². The first-order valence-corrected chi connectivity index (χ1v) is 10.1. The highest BCUT2D eigenvalue weighted by Gasteiger charge is 2.43. The van der Waals surface area contributed by atoms with Crippen LogP contribution in [0.25, 0.3) is 0 Å².